The maximum Gasteiger partial charge on any atom is 0.329 e. The maximum atomic E-state index is 12.6. The number of carbonyl (C=O) groups excluding carboxylic acids is 1. The van der Waals surface area contributed by atoms with Gasteiger partial charge in [-0.2, -0.15) is 0 Å². The first-order valence-corrected chi connectivity index (χ1v) is 7.27. The molecule has 5 heteroatoms. The summed E-state index contributed by atoms with van der Waals surface area (Å²) in [5.41, 5.74) is -0.677. The summed E-state index contributed by atoms with van der Waals surface area (Å²) < 4.78 is 0. The van der Waals surface area contributed by atoms with Crippen LogP contribution in [-0.2, 0) is 4.79 Å². The van der Waals surface area contributed by atoms with Crippen molar-refractivity contribution in [2.45, 2.75) is 31.2 Å². The highest BCUT2D eigenvalue weighted by Gasteiger charge is 2.37. The monoisotopic (exact) mass is 281 g/mol. The van der Waals surface area contributed by atoms with Gasteiger partial charge in [0.05, 0.1) is 5.56 Å². The van der Waals surface area contributed by atoms with Crippen LogP contribution < -0.4 is 0 Å². The SMILES string of the molecule is CCN(C(=O)c1ccccc1SC)C(C)(C)C(=O)O. The molecule has 0 heterocycles. The molecule has 0 saturated heterocycles. The van der Waals surface area contributed by atoms with Crippen molar-refractivity contribution in [3.05, 3.63) is 29.8 Å². The van der Waals surface area contributed by atoms with Crippen molar-refractivity contribution < 1.29 is 14.7 Å². The van der Waals surface area contributed by atoms with Gasteiger partial charge in [0, 0.05) is 11.4 Å². The number of amides is 1. The molecule has 0 aliphatic rings. The number of carboxylic acids is 1. The zero-order valence-electron chi connectivity index (χ0n) is 11.6. The minimum atomic E-state index is -1.22. The molecule has 0 fully saturated rings. The number of nitrogens with zero attached hydrogens (tertiary/aromatic N) is 1. The van der Waals surface area contributed by atoms with Gasteiger partial charge < -0.3 is 10.0 Å². The number of benzene rings is 1. The third-order valence-corrected chi connectivity index (χ3v) is 3.89. The Balaban J connectivity index is 3.20. The number of thioether (sulfide) groups is 1. The molecule has 1 rings (SSSR count). The van der Waals surface area contributed by atoms with E-state index in [4.69, 9.17) is 0 Å². The van der Waals surface area contributed by atoms with Crippen LogP contribution in [0.5, 0.6) is 0 Å². The van der Waals surface area contributed by atoms with Gasteiger partial charge in [0.25, 0.3) is 5.91 Å². The van der Waals surface area contributed by atoms with E-state index in [0.717, 1.165) is 4.90 Å². The molecule has 0 bridgehead atoms. The van der Waals surface area contributed by atoms with Gasteiger partial charge in [-0.15, -0.1) is 11.8 Å². The summed E-state index contributed by atoms with van der Waals surface area (Å²) in [5, 5.41) is 9.27. The predicted molar refractivity (Wildman–Crippen MR) is 76.6 cm³/mol. The summed E-state index contributed by atoms with van der Waals surface area (Å²) in [6.07, 6.45) is 1.89. The number of carboxylic acid groups (broad SMARTS) is 1. The van der Waals surface area contributed by atoms with Crippen molar-refractivity contribution in [3.8, 4) is 0 Å². The molecular formula is C14H19NO3S. The number of carbonyl (C=O) groups is 2. The van der Waals surface area contributed by atoms with Crippen molar-refractivity contribution in [3.63, 3.8) is 0 Å². The lowest BCUT2D eigenvalue weighted by atomic mass is 10.0. The summed E-state index contributed by atoms with van der Waals surface area (Å²) in [5.74, 6) is -1.26. The van der Waals surface area contributed by atoms with Crippen molar-refractivity contribution in [1.29, 1.82) is 0 Å². The zero-order chi connectivity index (χ0) is 14.6. The molecule has 19 heavy (non-hydrogen) atoms. The molecule has 0 atom stereocenters. The van der Waals surface area contributed by atoms with Crippen LogP contribution in [0.15, 0.2) is 29.2 Å². The largest absolute Gasteiger partial charge is 0.480 e. The van der Waals surface area contributed by atoms with Crippen LogP contribution in [0.3, 0.4) is 0 Å². The molecular weight excluding hydrogens is 262 g/mol. The van der Waals surface area contributed by atoms with Crippen LogP contribution >= 0.6 is 11.8 Å². The lowest BCUT2D eigenvalue weighted by Crippen LogP contribution is -2.53. The standard InChI is InChI=1S/C14H19NO3S/c1-5-15(14(2,3)13(17)18)12(16)10-8-6-7-9-11(10)19-4/h6-9H,5H2,1-4H3,(H,17,18). The number of aliphatic carboxylic acids is 1. The second-order valence-electron chi connectivity index (χ2n) is 4.61. The van der Waals surface area contributed by atoms with E-state index in [0.29, 0.717) is 12.1 Å². The summed E-state index contributed by atoms with van der Waals surface area (Å²) in [6.45, 7) is 5.21. The van der Waals surface area contributed by atoms with Gasteiger partial charge in [0.2, 0.25) is 0 Å². The van der Waals surface area contributed by atoms with Crippen LogP contribution in [0.2, 0.25) is 0 Å². The van der Waals surface area contributed by atoms with Gasteiger partial charge in [-0.3, -0.25) is 4.79 Å². The number of hydrogen-bond acceptors (Lipinski definition) is 3. The van der Waals surface area contributed by atoms with E-state index >= 15 is 0 Å². The van der Waals surface area contributed by atoms with Gasteiger partial charge in [0.15, 0.2) is 0 Å². The van der Waals surface area contributed by atoms with E-state index in [1.54, 1.807) is 32.9 Å². The third-order valence-electron chi connectivity index (χ3n) is 3.10. The minimum absolute atomic E-state index is 0.250. The van der Waals surface area contributed by atoms with Crippen LogP contribution in [-0.4, -0.2) is 40.2 Å². The molecule has 4 nitrogen and oxygen atoms in total. The van der Waals surface area contributed by atoms with E-state index in [2.05, 4.69) is 0 Å². The Morgan fingerprint density at radius 2 is 1.89 bits per heavy atom. The predicted octanol–water partition coefficient (Wildman–Crippen LogP) is 2.73. The maximum absolute atomic E-state index is 12.6. The topological polar surface area (TPSA) is 57.6 Å². The van der Waals surface area contributed by atoms with Crippen molar-refractivity contribution in [1.82, 2.24) is 4.90 Å². The summed E-state index contributed by atoms with van der Waals surface area (Å²) in [6, 6.07) is 7.24. The summed E-state index contributed by atoms with van der Waals surface area (Å²) in [4.78, 5) is 26.1. The second kappa shape index (κ2) is 6.10. The third kappa shape index (κ3) is 3.10. The van der Waals surface area contributed by atoms with E-state index in [9.17, 15) is 14.7 Å². The van der Waals surface area contributed by atoms with E-state index < -0.39 is 11.5 Å². The van der Waals surface area contributed by atoms with Crippen molar-refractivity contribution in [2.75, 3.05) is 12.8 Å². The lowest BCUT2D eigenvalue weighted by molar-refractivity contribution is -0.147. The lowest BCUT2D eigenvalue weighted by Gasteiger charge is -2.34. The quantitative estimate of drug-likeness (QED) is 0.843. The summed E-state index contributed by atoms with van der Waals surface area (Å²) in [7, 11) is 0. The second-order valence-corrected chi connectivity index (χ2v) is 5.46. The zero-order valence-corrected chi connectivity index (χ0v) is 12.5. The molecule has 0 saturated carbocycles. The van der Waals surface area contributed by atoms with E-state index in [1.807, 2.05) is 18.4 Å². The Bertz CT molecular complexity index is 485. The van der Waals surface area contributed by atoms with Gasteiger partial charge in [-0.1, -0.05) is 12.1 Å². The smallest absolute Gasteiger partial charge is 0.329 e. The number of rotatable bonds is 5. The molecule has 0 aromatic heterocycles. The number of hydrogen-bond donors (Lipinski definition) is 1. The minimum Gasteiger partial charge on any atom is -0.480 e. The molecule has 0 spiro atoms. The fourth-order valence-electron chi connectivity index (χ4n) is 1.87. The summed E-state index contributed by atoms with van der Waals surface area (Å²) >= 11 is 1.48. The van der Waals surface area contributed by atoms with Crippen LogP contribution in [0.25, 0.3) is 0 Å². The molecule has 0 aliphatic carbocycles. The Kier molecular flexibility index (Phi) is 5.00. The fraction of sp³-hybridized carbons (Fsp3) is 0.429. The van der Waals surface area contributed by atoms with Crippen LogP contribution in [0.1, 0.15) is 31.1 Å². The molecule has 0 unspecified atom stereocenters. The molecule has 0 aliphatic heterocycles. The highest BCUT2D eigenvalue weighted by atomic mass is 32.2. The van der Waals surface area contributed by atoms with E-state index in [1.165, 1.54) is 16.7 Å². The number of likely N-dealkylation sites (N-methyl/N-ethyl adjacent to an activating group) is 1. The highest BCUT2D eigenvalue weighted by Crippen LogP contribution is 2.24. The first-order valence-electron chi connectivity index (χ1n) is 6.04. The first kappa shape index (κ1) is 15.6. The highest BCUT2D eigenvalue weighted by molar-refractivity contribution is 7.98. The first-order chi connectivity index (χ1) is 8.86. The van der Waals surface area contributed by atoms with Gasteiger partial charge in [-0.25, -0.2) is 4.79 Å². The Morgan fingerprint density at radius 3 is 2.37 bits per heavy atom. The van der Waals surface area contributed by atoms with Gasteiger partial charge in [-0.05, 0) is 39.2 Å². The molecule has 1 N–H and O–H groups in total. The average Bonchev–Trinajstić information content (AvgIpc) is 2.38. The van der Waals surface area contributed by atoms with Crippen LogP contribution in [0.4, 0.5) is 0 Å². The average molecular weight is 281 g/mol. The molecule has 104 valence electrons. The van der Waals surface area contributed by atoms with Crippen molar-refractivity contribution in [2.24, 2.45) is 0 Å². The molecule has 0 radical (unpaired) electrons. The Morgan fingerprint density at radius 1 is 1.32 bits per heavy atom. The fourth-order valence-corrected chi connectivity index (χ4v) is 2.46. The van der Waals surface area contributed by atoms with E-state index in [-0.39, 0.29) is 5.91 Å². The van der Waals surface area contributed by atoms with Gasteiger partial charge in [0.1, 0.15) is 5.54 Å². The van der Waals surface area contributed by atoms with Gasteiger partial charge >= 0.3 is 5.97 Å². The van der Waals surface area contributed by atoms with Crippen LogP contribution in [0, 0.1) is 0 Å². The Hall–Kier alpha value is -1.49. The normalized spacial score (nSPS) is 11.2. The molecule has 1 aromatic rings. The molecule has 1 aromatic carbocycles. The Labute approximate surface area is 117 Å². The van der Waals surface area contributed by atoms with Crippen molar-refractivity contribution >= 4 is 23.6 Å². The molecule has 1 amide bonds.